The molecule has 2 aromatic carbocycles. The summed E-state index contributed by atoms with van der Waals surface area (Å²) in [5, 5.41) is 8.95. The number of rotatable bonds is 7. The lowest BCUT2D eigenvalue weighted by atomic mass is 10.2. The Morgan fingerprint density at radius 3 is 2.55 bits per heavy atom. The minimum Gasteiger partial charge on any atom is -0.338 e. The number of benzene rings is 2. The second-order valence-electron chi connectivity index (χ2n) is 7.98. The zero-order valence-corrected chi connectivity index (χ0v) is 20.1. The van der Waals surface area contributed by atoms with Gasteiger partial charge in [0.05, 0.1) is 22.8 Å². The summed E-state index contributed by atoms with van der Waals surface area (Å²) in [5.41, 5.74) is 2.15. The van der Waals surface area contributed by atoms with E-state index in [0.717, 1.165) is 11.3 Å². The van der Waals surface area contributed by atoms with E-state index in [1.54, 1.807) is 27.7 Å². The van der Waals surface area contributed by atoms with Crippen LogP contribution in [0.25, 0.3) is 17.1 Å². The SMILES string of the molecule is CCN(C(=O)CSc1nnc(-c2ccccc2F)n1-c1ccc(C)cc1)C1CCS(=O)(=O)C1. The highest BCUT2D eigenvalue weighted by Crippen LogP contribution is 2.30. The van der Waals surface area contributed by atoms with Crippen molar-refractivity contribution in [2.45, 2.75) is 31.5 Å². The number of amides is 1. The van der Waals surface area contributed by atoms with Crippen LogP contribution in [-0.4, -0.2) is 63.8 Å². The second-order valence-corrected chi connectivity index (χ2v) is 11.2. The van der Waals surface area contributed by atoms with Gasteiger partial charge in [-0.15, -0.1) is 10.2 Å². The first-order chi connectivity index (χ1) is 15.8. The van der Waals surface area contributed by atoms with Crippen LogP contribution >= 0.6 is 11.8 Å². The number of hydrogen-bond acceptors (Lipinski definition) is 6. The molecular formula is C23H25FN4O3S2. The molecule has 2 heterocycles. The molecule has 174 valence electrons. The Morgan fingerprint density at radius 1 is 1.18 bits per heavy atom. The third kappa shape index (κ3) is 5.11. The van der Waals surface area contributed by atoms with E-state index in [4.69, 9.17) is 0 Å². The van der Waals surface area contributed by atoms with E-state index in [9.17, 15) is 17.6 Å². The molecule has 1 aromatic heterocycles. The lowest BCUT2D eigenvalue weighted by molar-refractivity contribution is -0.129. The van der Waals surface area contributed by atoms with E-state index in [1.165, 1.54) is 17.8 Å². The number of thioether (sulfide) groups is 1. The second kappa shape index (κ2) is 9.64. The van der Waals surface area contributed by atoms with Crippen LogP contribution < -0.4 is 0 Å². The van der Waals surface area contributed by atoms with Crippen molar-refractivity contribution < 1.29 is 17.6 Å². The van der Waals surface area contributed by atoms with Crippen molar-refractivity contribution in [3.8, 4) is 17.1 Å². The Kier molecular flexibility index (Phi) is 6.85. The molecule has 0 spiro atoms. The molecule has 3 aromatic rings. The third-order valence-electron chi connectivity index (χ3n) is 5.68. The zero-order chi connectivity index (χ0) is 23.6. The fourth-order valence-corrected chi connectivity index (χ4v) is 6.54. The zero-order valence-electron chi connectivity index (χ0n) is 18.4. The number of carbonyl (C=O) groups excluding carboxylic acids is 1. The molecule has 0 aliphatic carbocycles. The van der Waals surface area contributed by atoms with Gasteiger partial charge in [-0.2, -0.15) is 0 Å². The number of nitrogens with zero attached hydrogens (tertiary/aromatic N) is 4. The van der Waals surface area contributed by atoms with Crippen LogP contribution in [0.3, 0.4) is 0 Å². The predicted molar refractivity (Wildman–Crippen MR) is 127 cm³/mol. The van der Waals surface area contributed by atoms with Crippen molar-refractivity contribution in [3.05, 3.63) is 59.9 Å². The van der Waals surface area contributed by atoms with E-state index >= 15 is 0 Å². The lowest BCUT2D eigenvalue weighted by Crippen LogP contribution is -2.42. The molecule has 33 heavy (non-hydrogen) atoms. The van der Waals surface area contributed by atoms with E-state index in [-0.39, 0.29) is 29.2 Å². The Hall–Kier alpha value is -2.72. The van der Waals surface area contributed by atoms with Crippen molar-refractivity contribution in [1.82, 2.24) is 19.7 Å². The molecule has 1 fully saturated rings. The molecule has 7 nitrogen and oxygen atoms in total. The maximum Gasteiger partial charge on any atom is 0.233 e. The highest BCUT2D eigenvalue weighted by atomic mass is 32.2. The van der Waals surface area contributed by atoms with Gasteiger partial charge in [-0.3, -0.25) is 9.36 Å². The Bertz CT molecular complexity index is 1260. The number of hydrogen-bond donors (Lipinski definition) is 0. The summed E-state index contributed by atoms with van der Waals surface area (Å²) in [6.45, 7) is 4.26. The number of carbonyl (C=O) groups is 1. The molecule has 0 saturated carbocycles. The molecule has 1 unspecified atom stereocenters. The molecule has 4 rings (SSSR count). The third-order valence-corrected chi connectivity index (χ3v) is 8.34. The van der Waals surface area contributed by atoms with Crippen LogP contribution in [0.5, 0.6) is 0 Å². The normalized spacial score (nSPS) is 17.2. The number of halogens is 1. The summed E-state index contributed by atoms with van der Waals surface area (Å²) in [4.78, 5) is 14.6. The summed E-state index contributed by atoms with van der Waals surface area (Å²) in [7, 11) is -3.09. The fraction of sp³-hybridized carbons (Fsp3) is 0.348. The van der Waals surface area contributed by atoms with Gasteiger partial charge in [0, 0.05) is 18.3 Å². The van der Waals surface area contributed by atoms with Crippen LogP contribution in [0.2, 0.25) is 0 Å². The first-order valence-electron chi connectivity index (χ1n) is 10.7. The largest absolute Gasteiger partial charge is 0.338 e. The van der Waals surface area contributed by atoms with Crippen LogP contribution in [0.15, 0.2) is 53.7 Å². The molecule has 0 N–H and O–H groups in total. The Balaban J connectivity index is 1.62. The summed E-state index contributed by atoms with van der Waals surface area (Å²) in [6.07, 6.45) is 0.462. The smallest absolute Gasteiger partial charge is 0.233 e. The van der Waals surface area contributed by atoms with E-state index in [0.29, 0.717) is 29.5 Å². The van der Waals surface area contributed by atoms with Gasteiger partial charge >= 0.3 is 0 Å². The summed E-state index contributed by atoms with van der Waals surface area (Å²) >= 11 is 1.20. The molecular weight excluding hydrogens is 463 g/mol. The molecule has 1 saturated heterocycles. The van der Waals surface area contributed by atoms with Gasteiger partial charge in [0.1, 0.15) is 5.82 Å². The lowest BCUT2D eigenvalue weighted by Gasteiger charge is -2.26. The van der Waals surface area contributed by atoms with Crippen LogP contribution in [0.1, 0.15) is 18.9 Å². The van der Waals surface area contributed by atoms with Crippen LogP contribution in [0, 0.1) is 12.7 Å². The van der Waals surface area contributed by atoms with Gasteiger partial charge < -0.3 is 4.90 Å². The first kappa shape index (κ1) is 23.4. The van der Waals surface area contributed by atoms with Crippen LogP contribution in [-0.2, 0) is 14.6 Å². The topological polar surface area (TPSA) is 85.2 Å². The van der Waals surface area contributed by atoms with Gasteiger partial charge in [-0.25, -0.2) is 12.8 Å². The van der Waals surface area contributed by atoms with Crippen LogP contribution in [0.4, 0.5) is 4.39 Å². The van der Waals surface area contributed by atoms with Gasteiger partial charge in [-0.1, -0.05) is 41.6 Å². The summed E-state index contributed by atoms with van der Waals surface area (Å²) < 4.78 is 40.0. The van der Waals surface area contributed by atoms with Crippen molar-refractivity contribution in [3.63, 3.8) is 0 Å². The highest BCUT2D eigenvalue weighted by Gasteiger charge is 2.34. The standard InChI is InChI=1S/C23H25FN4O3S2/c1-3-27(18-12-13-33(30,31)15-18)21(29)14-32-23-26-25-22(19-6-4-5-7-20(19)24)28(23)17-10-8-16(2)9-11-17/h4-11,18H,3,12-15H2,1-2H3. The number of aromatic nitrogens is 3. The quantitative estimate of drug-likeness (QED) is 0.473. The molecule has 1 atom stereocenters. The minimum absolute atomic E-state index is 0.00816. The molecule has 1 aliphatic rings. The summed E-state index contributed by atoms with van der Waals surface area (Å²) in [5.74, 6) is -0.0236. The average molecular weight is 489 g/mol. The molecule has 0 radical (unpaired) electrons. The van der Waals surface area contributed by atoms with E-state index < -0.39 is 15.7 Å². The average Bonchev–Trinajstić information content (AvgIpc) is 3.36. The van der Waals surface area contributed by atoms with Gasteiger partial charge in [0.15, 0.2) is 20.8 Å². The molecule has 0 bridgehead atoms. The molecule has 10 heteroatoms. The Morgan fingerprint density at radius 2 is 1.91 bits per heavy atom. The van der Waals surface area contributed by atoms with Gasteiger partial charge in [0.25, 0.3) is 0 Å². The number of aryl methyl sites for hydroxylation is 1. The highest BCUT2D eigenvalue weighted by molar-refractivity contribution is 7.99. The molecule has 1 aliphatic heterocycles. The van der Waals surface area contributed by atoms with Crippen molar-refractivity contribution in [2.24, 2.45) is 0 Å². The van der Waals surface area contributed by atoms with Crippen molar-refractivity contribution in [1.29, 1.82) is 0 Å². The monoisotopic (exact) mass is 488 g/mol. The summed E-state index contributed by atoms with van der Waals surface area (Å²) in [6, 6.07) is 13.8. The van der Waals surface area contributed by atoms with E-state index in [1.807, 2.05) is 38.1 Å². The predicted octanol–water partition coefficient (Wildman–Crippen LogP) is 3.51. The van der Waals surface area contributed by atoms with Gasteiger partial charge in [0.2, 0.25) is 5.91 Å². The number of sulfone groups is 1. The van der Waals surface area contributed by atoms with Gasteiger partial charge in [-0.05, 0) is 44.5 Å². The van der Waals surface area contributed by atoms with E-state index in [2.05, 4.69) is 10.2 Å². The van der Waals surface area contributed by atoms with Crippen molar-refractivity contribution >= 4 is 27.5 Å². The van der Waals surface area contributed by atoms with Crippen molar-refractivity contribution in [2.75, 3.05) is 23.8 Å². The first-order valence-corrected chi connectivity index (χ1v) is 13.5. The molecule has 1 amide bonds. The minimum atomic E-state index is -3.09. The maximum absolute atomic E-state index is 14.5. The Labute approximate surface area is 196 Å². The maximum atomic E-state index is 14.5. The fourth-order valence-electron chi connectivity index (χ4n) is 3.98.